The number of nitro groups is 2. The van der Waals surface area contributed by atoms with E-state index in [1.807, 2.05) is 0 Å². The summed E-state index contributed by atoms with van der Waals surface area (Å²) >= 11 is 5.70. The SMILES string of the molecule is CC(=C\[N+](=O)[O-])/C(=C\Nc1ccc(Cl)cc1)[N+](=O)[O-]. The minimum absolute atomic E-state index is 0.0588. The van der Waals surface area contributed by atoms with Gasteiger partial charge in [0.2, 0.25) is 6.20 Å². The molecule has 0 radical (unpaired) electrons. The van der Waals surface area contributed by atoms with Crippen molar-refractivity contribution >= 4 is 17.3 Å². The molecular weight excluding hydrogens is 274 g/mol. The van der Waals surface area contributed by atoms with Crippen molar-refractivity contribution in [1.82, 2.24) is 0 Å². The summed E-state index contributed by atoms with van der Waals surface area (Å²) in [6, 6.07) is 6.48. The number of halogens is 1. The van der Waals surface area contributed by atoms with Gasteiger partial charge in [-0.05, 0) is 31.2 Å². The summed E-state index contributed by atoms with van der Waals surface area (Å²) in [5.41, 5.74) is 0.140. The minimum atomic E-state index is -0.741. The maximum atomic E-state index is 10.8. The van der Waals surface area contributed by atoms with Crippen molar-refractivity contribution in [2.24, 2.45) is 0 Å². The van der Waals surface area contributed by atoms with Crippen LogP contribution in [0.2, 0.25) is 5.02 Å². The highest BCUT2D eigenvalue weighted by atomic mass is 35.5. The summed E-state index contributed by atoms with van der Waals surface area (Å²) in [5.74, 6) is 0. The lowest BCUT2D eigenvalue weighted by molar-refractivity contribution is -0.427. The van der Waals surface area contributed by atoms with Gasteiger partial charge in [-0.1, -0.05) is 11.6 Å². The second-order valence-electron chi connectivity index (χ2n) is 3.54. The molecule has 0 fully saturated rings. The quantitative estimate of drug-likeness (QED) is 0.509. The van der Waals surface area contributed by atoms with E-state index in [-0.39, 0.29) is 11.3 Å². The molecule has 0 aliphatic heterocycles. The molecule has 0 saturated carbocycles. The lowest BCUT2D eigenvalue weighted by Crippen LogP contribution is -2.05. The first kappa shape index (κ1) is 14.7. The van der Waals surface area contributed by atoms with Crippen molar-refractivity contribution in [2.75, 3.05) is 5.32 Å². The molecule has 100 valence electrons. The van der Waals surface area contributed by atoms with Crippen molar-refractivity contribution in [2.45, 2.75) is 6.92 Å². The summed E-state index contributed by atoms with van der Waals surface area (Å²) in [5, 5.41) is 24.3. The van der Waals surface area contributed by atoms with E-state index in [1.165, 1.54) is 6.92 Å². The second-order valence-corrected chi connectivity index (χ2v) is 3.97. The first-order valence-electron chi connectivity index (χ1n) is 5.09. The maximum Gasteiger partial charge on any atom is 0.294 e. The predicted molar refractivity (Wildman–Crippen MR) is 70.9 cm³/mol. The highest BCUT2D eigenvalue weighted by molar-refractivity contribution is 6.30. The molecule has 1 N–H and O–H groups in total. The number of hydrogen-bond acceptors (Lipinski definition) is 5. The Balaban J connectivity index is 2.94. The van der Waals surface area contributed by atoms with Gasteiger partial charge in [0, 0.05) is 10.7 Å². The molecule has 8 heteroatoms. The van der Waals surface area contributed by atoms with Gasteiger partial charge in [-0.3, -0.25) is 20.2 Å². The van der Waals surface area contributed by atoms with Crippen LogP contribution >= 0.6 is 11.6 Å². The van der Waals surface area contributed by atoms with E-state index in [9.17, 15) is 20.2 Å². The standard InChI is InChI=1S/C11H10ClN3O4/c1-8(7-14(16)17)11(15(18)19)6-13-10-4-2-9(12)3-5-10/h2-7,13H,1H3/b8-7+,11-6+. The Morgan fingerprint density at radius 3 is 2.32 bits per heavy atom. The Hall–Kier alpha value is -2.41. The Morgan fingerprint density at radius 2 is 1.84 bits per heavy atom. The lowest BCUT2D eigenvalue weighted by Gasteiger charge is -2.01. The molecule has 0 spiro atoms. The molecule has 0 unspecified atom stereocenters. The first-order valence-corrected chi connectivity index (χ1v) is 5.47. The fourth-order valence-electron chi connectivity index (χ4n) is 1.23. The molecule has 7 nitrogen and oxygen atoms in total. The van der Waals surface area contributed by atoms with E-state index in [4.69, 9.17) is 11.6 Å². The van der Waals surface area contributed by atoms with Crippen LogP contribution in [0.3, 0.4) is 0 Å². The van der Waals surface area contributed by atoms with Gasteiger partial charge in [-0.25, -0.2) is 0 Å². The van der Waals surface area contributed by atoms with Crippen LogP contribution in [0.5, 0.6) is 0 Å². The molecule has 1 rings (SSSR count). The normalized spacial score (nSPS) is 12.1. The molecule has 19 heavy (non-hydrogen) atoms. The van der Waals surface area contributed by atoms with Gasteiger partial charge in [0.1, 0.15) is 0 Å². The minimum Gasteiger partial charge on any atom is -0.356 e. The van der Waals surface area contributed by atoms with Crippen molar-refractivity contribution in [3.63, 3.8) is 0 Å². The van der Waals surface area contributed by atoms with Gasteiger partial charge >= 0.3 is 0 Å². The number of rotatable bonds is 5. The van der Waals surface area contributed by atoms with Gasteiger partial charge in [-0.15, -0.1) is 0 Å². The molecular formula is C11H10ClN3O4. The summed E-state index contributed by atoms with van der Waals surface area (Å²) in [6.45, 7) is 1.29. The van der Waals surface area contributed by atoms with Gasteiger partial charge in [0.25, 0.3) is 5.70 Å². The van der Waals surface area contributed by atoms with Crippen molar-refractivity contribution < 1.29 is 9.85 Å². The monoisotopic (exact) mass is 283 g/mol. The average Bonchev–Trinajstić information content (AvgIpc) is 2.30. The summed E-state index contributed by atoms with van der Waals surface area (Å²) in [6.07, 6.45) is 1.68. The lowest BCUT2D eigenvalue weighted by atomic mass is 10.2. The summed E-state index contributed by atoms with van der Waals surface area (Å²) < 4.78 is 0. The molecule has 1 aromatic rings. The molecule has 0 aliphatic rings. The number of nitrogens with zero attached hydrogens (tertiary/aromatic N) is 2. The number of anilines is 1. The average molecular weight is 284 g/mol. The summed E-state index contributed by atoms with van der Waals surface area (Å²) in [7, 11) is 0. The van der Waals surface area contributed by atoms with Gasteiger partial charge in [-0.2, -0.15) is 0 Å². The zero-order valence-electron chi connectivity index (χ0n) is 9.87. The van der Waals surface area contributed by atoms with E-state index in [1.54, 1.807) is 24.3 Å². The van der Waals surface area contributed by atoms with Crippen molar-refractivity contribution in [1.29, 1.82) is 0 Å². The van der Waals surface area contributed by atoms with Crippen LogP contribution in [0.4, 0.5) is 5.69 Å². The second kappa shape index (κ2) is 6.50. The highest BCUT2D eigenvalue weighted by Gasteiger charge is 2.16. The first-order chi connectivity index (χ1) is 8.90. The third-order valence-corrected chi connectivity index (χ3v) is 2.37. The van der Waals surface area contributed by atoms with Gasteiger partial charge in [0.05, 0.1) is 21.6 Å². The molecule has 0 amide bonds. The zero-order valence-corrected chi connectivity index (χ0v) is 10.6. The maximum absolute atomic E-state index is 10.8. The highest BCUT2D eigenvalue weighted by Crippen LogP contribution is 2.15. The van der Waals surface area contributed by atoms with E-state index < -0.39 is 9.85 Å². The van der Waals surface area contributed by atoms with Crippen molar-refractivity contribution in [3.8, 4) is 0 Å². The molecule has 0 aromatic heterocycles. The van der Waals surface area contributed by atoms with E-state index in [0.717, 1.165) is 6.20 Å². The van der Waals surface area contributed by atoms with Crippen LogP contribution < -0.4 is 5.32 Å². The smallest absolute Gasteiger partial charge is 0.294 e. The number of allylic oxidation sites excluding steroid dienone is 1. The number of nitrogens with one attached hydrogen (secondary N) is 1. The molecule has 0 bridgehead atoms. The largest absolute Gasteiger partial charge is 0.356 e. The van der Waals surface area contributed by atoms with E-state index >= 15 is 0 Å². The van der Waals surface area contributed by atoms with E-state index in [0.29, 0.717) is 16.9 Å². The Labute approximate surface area is 113 Å². The zero-order chi connectivity index (χ0) is 14.4. The predicted octanol–water partition coefficient (Wildman–Crippen LogP) is 3.05. The van der Waals surface area contributed by atoms with E-state index in [2.05, 4.69) is 5.32 Å². The van der Waals surface area contributed by atoms with Crippen LogP contribution in [0.1, 0.15) is 6.92 Å². The number of benzene rings is 1. The Kier molecular flexibility index (Phi) is 5.01. The van der Waals surface area contributed by atoms with Gasteiger partial charge in [0.15, 0.2) is 0 Å². The molecule has 0 saturated heterocycles. The van der Waals surface area contributed by atoms with Crippen LogP contribution in [0.25, 0.3) is 0 Å². The van der Waals surface area contributed by atoms with Gasteiger partial charge < -0.3 is 5.32 Å². The Morgan fingerprint density at radius 1 is 1.26 bits per heavy atom. The van der Waals surface area contributed by atoms with Crippen LogP contribution in [-0.4, -0.2) is 9.85 Å². The molecule has 0 atom stereocenters. The molecule has 1 aromatic carbocycles. The van der Waals surface area contributed by atoms with Crippen molar-refractivity contribution in [3.05, 3.63) is 73.2 Å². The Bertz CT molecular complexity index is 552. The summed E-state index contributed by atoms with van der Waals surface area (Å²) in [4.78, 5) is 19.7. The van der Waals surface area contributed by atoms with Crippen LogP contribution in [0, 0.1) is 20.2 Å². The third kappa shape index (κ3) is 4.76. The van der Waals surface area contributed by atoms with Crippen LogP contribution in [-0.2, 0) is 0 Å². The fraction of sp³-hybridized carbons (Fsp3) is 0.0909. The third-order valence-electron chi connectivity index (χ3n) is 2.12. The fourth-order valence-corrected chi connectivity index (χ4v) is 1.36. The van der Waals surface area contributed by atoms with Crippen LogP contribution in [0.15, 0.2) is 47.9 Å². The molecule has 0 heterocycles. The molecule has 0 aliphatic carbocycles. The topological polar surface area (TPSA) is 98.3 Å². The number of hydrogen-bond donors (Lipinski definition) is 1.